The molecule has 0 radical (unpaired) electrons. The molecule has 23 heavy (non-hydrogen) atoms. The molecule has 5 heteroatoms. The second-order valence-corrected chi connectivity index (χ2v) is 4.75. The Kier molecular flexibility index (Phi) is 5.63. The van der Waals surface area contributed by atoms with Crippen LogP contribution in [0.3, 0.4) is 0 Å². The lowest BCUT2D eigenvalue weighted by Gasteiger charge is -2.11. The number of carbonyl (C=O) groups is 1. The fourth-order valence-electron chi connectivity index (χ4n) is 1.95. The molecule has 2 N–H and O–H groups in total. The topological polar surface area (TPSA) is 76.0 Å². The van der Waals surface area contributed by atoms with E-state index in [0.717, 1.165) is 5.56 Å². The lowest BCUT2D eigenvalue weighted by Crippen LogP contribution is -1.98. The van der Waals surface area contributed by atoms with Gasteiger partial charge in [-0.3, -0.25) is 0 Å². The number of aromatic hydroxyl groups is 2. The highest BCUT2D eigenvalue weighted by molar-refractivity contribution is 5.87. The van der Waals surface area contributed by atoms with E-state index < -0.39 is 5.97 Å². The van der Waals surface area contributed by atoms with E-state index in [2.05, 4.69) is 0 Å². The minimum absolute atomic E-state index is 0.00198. The van der Waals surface area contributed by atoms with Crippen LogP contribution in [0.4, 0.5) is 0 Å². The van der Waals surface area contributed by atoms with Gasteiger partial charge < -0.3 is 19.7 Å². The third-order valence-electron chi connectivity index (χ3n) is 3.00. The molecular weight excluding hydrogens is 296 g/mol. The van der Waals surface area contributed by atoms with Gasteiger partial charge in [0, 0.05) is 6.08 Å². The summed E-state index contributed by atoms with van der Waals surface area (Å²) in [5, 5.41) is 20.0. The van der Waals surface area contributed by atoms with Gasteiger partial charge in [-0.05, 0) is 36.3 Å². The Morgan fingerprint density at radius 2 is 1.78 bits per heavy atom. The van der Waals surface area contributed by atoms with E-state index in [4.69, 9.17) is 9.47 Å². The maximum atomic E-state index is 11.3. The molecule has 5 nitrogen and oxygen atoms in total. The van der Waals surface area contributed by atoms with Crippen LogP contribution in [-0.2, 0) is 16.1 Å². The Labute approximate surface area is 134 Å². The average molecular weight is 314 g/mol. The summed E-state index contributed by atoms with van der Waals surface area (Å²) in [6.45, 7) is 2.22. The van der Waals surface area contributed by atoms with Gasteiger partial charge in [0.15, 0.2) is 11.5 Å². The van der Waals surface area contributed by atoms with E-state index in [1.807, 2.05) is 30.3 Å². The first-order valence-corrected chi connectivity index (χ1v) is 7.17. The zero-order valence-corrected chi connectivity index (χ0v) is 12.7. The van der Waals surface area contributed by atoms with Crippen LogP contribution in [0.15, 0.2) is 48.5 Å². The van der Waals surface area contributed by atoms with Gasteiger partial charge in [-0.25, -0.2) is 4.79 Å². The fourth-order valence-corrected chi connectivity index (χ4v) is 1.95. The van der Waals surface area contributed by atoms with Gasteiger partial charge in [-0.1, -0.05) is 30.3 Å². The van der Waals surface area contributed by atoms with E-state index in [9.17, 15) is 15.0 Å². The van der Waals surface area contributed by atoms with Crippen molar-refractivity contribution in [1.82, 2.24) is 0 Å². The molecule has 0 aliphatic carbocycles. The molecule has 2 aromatic rings. The van der Waals surface area contributed by atoms with Crippen LogP contribution in [0.25, 0.3) is 6.08 Å². The van der Waals surface area contributed by atoms with Gasteiger partial charge in [-0.15, -0.1) is 0 Å². The van der Waals surface area contributed by atoms with Crippen molar-refractivity contribution in [3.63, 3.8) is 0 Å². The van der Waals surface area contributed by atoms with Crippen molar-refractivity contribution in [2.24, 2.45) is 0 Å². The first-order chi connectivity index (χ1) is 11.1. The molecule has 0 atom stereocenters. The lowest BCUT2D eigenvalue weighted by molar-refractivity contribution is -0.137. The molecule has 0 fully saturated rings. The minimum atomic E-state index is -0.490. The van der Waals surface area contributed by atoms with E-state index in [-0.39, 0.29) is 30.5 Å². The second kappa shape index (κ2) is 7.89. The van der Waals surface area contributed by atoms with Crippen LogP contribution in [0.5, 0.6) is 17.2 Å². The maximum absolute atomic E-state index is 11.3. The lowest BCUT2D eigenvalue weighted by atomic mass is 10.1. The molecule has 120 valence electrons. The molecule has 0 spiro atoms. The first kappa shape index (κ1) is 16.4. The molecule has 0 aliphatic rings. The quantitative estimate of drug-likeness (QED) is 0.632. The Hall–Kier alpha value is -2.95. The van der Waals surface area contributed by atoms with Crippen molar-refractivity contribution in [3.05, 3.63) is 59.7 Å². The van der Waals surface area contributed by atoms with Gasteiger partial charge >= 0.3 is 5.97 Å². The largest absolute Gasteiger partial charge is 0.504 e. The normalized spacial score (nSPS) is 10.7. The maximum Gasteiger partial charge on any atom is 0.330 e. The summed E-state index contributed by atoms with van der Waals surface area (Å²) in [7, 11) is 0. The third kappa shape index (κ3) is 4.78. The number of hydrogen-bond donors (Lipinski definition) is 2. The number of ether oxygens (including phenoxy) is 2. The number of rotatable bonds is 6. The van der Waals surface area contributed by atoms with Gasteiger partial charge in [0.1, 0.15) is 6.61 Å². The van der Waals surface area contributed by atoms with Gasteiger partial charge in [0.2, 0.25) is 5.75 Å². The highest BCUT2D eigenvalue weighted by Gasteiger charge is 2.11. The zero-order valence-electron chi connectivity index (χ0n) is 12.7. The van der Waals surface area contributed by atoms with Crippen LogP contribution >= 0.6 is 0 Å². The summed E-state index contributed by atoms with van der Waals surface area (Å²) >= 11 is 0. The van der Waals surface area contributed by atoms with Crippen LogP contribution in [0.2, 0.25) is 0 Å². The summed E-state index contributed by atoms with van der Waals surface area (Å²) in [4.78, 5) is 11.3. The standard InChI is InChI=1S/C18H18O5/c1-2-22-17(21)9-8-14-10-15(19)18(16(20)11-14)23-12-13-6-4-3-5-7-13/h3-11,19-20H,2,12H2,1H3. The molecule has 0 amide bonds. The number of phenols is 2. The number of carbonyl (C=O) groups excluding carboxylic acids is 1. The van der Waals surface area contributed by atoms with Gasteiger partial charge in [0.25, 0.3) is 0 Å². The van der Waals surface area contributed by atoms with Crippen LogP contribution in [0.1, 0.15) is 18.1 Å². The number of benzene rings is 2. The van der Waals surface area contributed by atoms with Crippen molar-refractivity contribution in [2.75, 3.05) is 6.61 Å². The molecule has 2 aromatic carbocycles. The first-order valence-electron chi connectivity index (χ1n) is 7.17. The van der Waals surface area contributed by atoms with Gasteiger partial charge in [0.05, 0.1) is 6.61 Å². The number of esters is 1. The number of phenolic OH excluding ortho intramolecular Hbond substituents is 2. The third-order valence-corrected chi connectivity index (χ3v) is 3.00. The number of hydrogen-bond acceptors (Lipinski definition) is 5. The van der Waals surface area contributed by atoms with E-state index in [1.54, 1.807) is 6.92 Å². The fraction of sp³-hybridized carbons (Fsp3) is 0.167. The van der Waals surface area contributed by atoms with Crippen molar-refractivity contribution in [1.29, 1.82) is 0 Å². The molecule has 0 saturated carbocycles. The van der Waals surface area contributed by atoms with E-state index in [1.165, 1.54) is 24.3 Å². The molecule has 2 rings (SSSR count). The van der Waals surface area contributed by atoms with Crippen LogP contribution in [-0.4, -0.2) is 22.8 Å². The SMILES string of the molecule is CCOC(=O)C=Cc1cc(O)c(OCc2ccccc2)c(O)c1. The van der Waals surface area contributed by atoms with Crippen molar-refractivity contribution < 1.29 is 24.5 Å². The minimum Gasteiger partial charge on any atom is -0.504 e. The summed E-state index contributed by atoms with van der Waals surface area (Å²) < 4.78 is 10.2. The predicted octanol–water partition coefficient (Wildman–Crippen LogP) is 3.25. The van der Waals surface area contributed by atoms with E-state index in [0.29, 0.717) is 5.56 Å². The zero-order chi connectivity index (χ0) is 16.7. The summed E-state index contributed by atoms with van der Waals surface area (Å²) in [5.41, 5.74) is 1.37. The Morgan fingerprint density at radius 1 is 1.13 bits per heavy atom. The molecule has 0 aromatic heterocycles. The molecule has 0 saturated heterocycles. The summed E-state index contributed by atoms with van der Waals surface area (Å²) in [6, 6.07) is 12.2. The van der Waals surface area contributed by atoms with Crippen molar-refractivity contribution in [3.8, 4) is 17.2 Å². The molecule has 0 aliphatic heterocycles. The summed E-state index contributed by atoms with van der Waals surface area (Å²) in [5.74, 6) is -0.896. The Morgan fingerprint density at radius 3 is 2.39 bits per heavy atom. The monoisotopic (exact) mass is 314 g/mol. The molecule has 0 heterocycles. The van der Waals surface area contributed by atoms with Gasteiger partial charge in [-0.2, -0.15) is 0 Å². The molecule has 0 bridgehead atoms. The Bertz CT molecular complexity index is 669. The average Bonchev–Trinajstić information content (AvgIpc) is 2.53. The highest BCUT2D eigenvalue weighted by Crippen LogP contribution is 2.37. The van der Waals surface area contributed by atoms with E-state index >= 15 is 0 Å². The van der Waals surface area contributed by atoms with Crippen LogP contribution in [0, 0.1) is 0 Å². The Balaban J connectivity index is 2.09. The molecular formula is C18H18O5. The predicted molar refractivity (Wildman–Crippen MR) is 86.2 cm³/mol. The van der Waals surface area contributed by atoms with Crippen LogP contribution < -0.4 is 4.74 Å². The highest BCUT2D eigenvalue weighted by atomic mass is 16.5. The van der Waals surface area contributed by atoms with Crippen molar-refractivity contribution >= 4 is 12.0 Å². The molecule has 0 unspecified atom stereocenters. The smallest absolute Gasteiger partial charge is 0.330 e. The van der Waals surface area contributed by atoms with Crippen molar-refractivity contribution in [2.45, 2.75) is 13.5 Å². The second-order valence-electron chi connectivity index (χ2n) is 4.75. The summed E-state index contributed by atoms with van der Waals surface area (Å²) in [6.07, 6.45) is 2.67.